The summed E-state index contributed by atoms with van der Waals surface area (Å²) in [6.45, 7) is 22.3. The summed E-state index contributed by atoms with van der Waals surface area (Å²) in [6, 6.07) is 0. The predicted molar refractivity (Wildman–Crippen MR) is 286 cm³/mol. The van der Waals surface area contributed by atoms with Crippen molar-refractivity contribution in [2.75, 3.05) is 0 Å². The Morgan fingerprint density at radius 3 is 1.37 bits per heavy atom. The smallest absolute Gasteiger partial charge is 0.306 e. The van der Waals surface area contributed by atoms with Gasteiger partial charge in [-0.25, -0.2) is 0 Å². The van der Waals surface area contributed by atoms with Crippen molar-refractivity contribution in [2.24, 2.45) is 10.8 Å². The first kappa shape index (κ1) is 57.5. The molecule has 1 N–H and O–H groups in total. The van der Waals surface area contributed by atoms with Crippen LogP contribution in [-0.2, 0) is 19.1 Å². The van der Waals surface area contributed by atoms with E-state index in [1.807, 2.05) is 87.6 Å². The molecule has 0 heterocycles. The van der Waals surface area contributed by atoms with Gasteiger partial charge in [-0.15, -0.1) is 0 Å². The molecule has 0 aliphatic heterocycles. The van der Waals surface area contributed by atoms with Gasteiger partial charge in [0.1, 0.15) is 6.10 Å². The number of ether oxygens (including phenoxy) is 1. The maximum absolute atomic E-state index is 13.4. The molecule has 5 nitrogen and oxygen atoms in total. The van der Waals surface area contributed by atoms with Gasteiger partial charge in [-0.3, -0.25) is 14.4 Å². The number of hydrogen-bond acceptors (Lipinski definition) is 5. The summed E-state index contributed by atoms with van der Waals surface area (Å²) in [5.41, 5.74) is 6.97. The monoisotopic (exact) mass is 907 g/mol. The van der Waals surface area contributed by atoms with E-state index in [-0.39, 0.29) is 34.8 Å². The van der Waals surface area contributed by atoms with Crippen LogP contribution >= 0.6 is 0 Å². The van der Waals surface area contributed by atoms with Gasteiger partial charge in [-0.2, -0.15) is 0 Å². The molecule has 0 unspecified atom stereocenters. The summed E-state index contributed by atoms with van der Waals surface area (Å²) in [7, 11) is 0. The molecule has 360 valence electrons. The highest BCUT2D eigenvalue weighted by Crippen LogP contribution is 2.41. The van der Waals surface area contributed by atoms with Gasteiger partial charge >= 0.3 is 5.97 Å². The third-order valence-corrected chi connectivity index (χ3v) is 11.7. The van der Waals surface area contributed by atoms with Crippen molar-refractivity contribution in [2.45, 2.75) is 153 Å². The number of carbonyl (C=O) groups excluding carboxylic acids is 3. The van der Waals surface area contributed by atoms with E-state index >= 15 is 0 Å². The van der Waals surface area contributed by atoms with E-state index in [4.69, 9.17) is 4.74 Å². The van der Waals surface area contributed by atoms with E-state index < -0.39 is 12.2 Å². The predicted octanol–water partition coefficient (Wildman–Crippen LogP) is 15.9. The van der Waals surface area contributed by atoms with Crippen LogP contribution in [0.25, 0.3) is 0 Å². The van der Waals surface area contributed by atoms with Crippen LogP contribution < -0.4 is 0 Å². The zero-order chi connectivity index (χ0) is 49.7. The Morgan fingerprint density at radius 2 is 0.925 bits per heavy atom. The van der Waals surface area contributed by atoms with Crippen LogP contribution in [0.5, 0.6) is 0 Å². The van der Waals surface area contributed by atoms with Crippen LogP contribution in [0.15, 0.2) is 203 Å². The lowest BCUT2D eigenvalue weighted by Crippen LogP contribution is -2.38. The molecular formula is C62H82O5. The molecule has 0 fully saturated rings. The van der Waals surface area contributed by atoms with Crippen LogP contribution in [-0.4, -0.2) is 34.9 Å². The lowest BCUT2D eigenvalue weighted by atomic mass is 9.71. The molecule has 0 saturated carbocycles. The number of ketones is 2. The SMILES string of the molecule is CC/C=C\C/C=C\C/C=C\C/C=C\C/C=C\C/C=C\CCC(=O)O[C@H]1CC(C)(C)C(/C=C/C(C)=C/C=C/C(C)=C/C=C/C=C(C)/C=C/C=C(C)/C=C/C2=C(C)C(=O)[C@@H](O)CC2(C)C)=C(C)C1=O. The summed E-state index contributed by atoms with van der Waals surface area (Å²) in [4.78, 5) is 38.4. The van der Waals surface area contributed by atoms with Crippen molar-refractivity contribution in [3.8, 4) is 0 Å². The van der Waals surface area contributed by atoms with Crippen LogP contribution in [0.1, 0.15) is 140 Å². The van der Waals surface area contributed by atoms with Gasteiger partial charge in [-0.05, 0) is 126 Å². The summed E-state index contributed by atoms with van der Waals surface area (Å²) in [5, 5.41) is 10.1. The van der Waals surface area contributed by atoms with Gasteiger partial charge in [0.2, 0.25) is 0 Å². The zero-order valence-corrected chi connectivity index (χ0v) is 42.8. The minimum Gasteiger partial charge on any atom is -0.454 e. The minimum absolute atomic E-state index is 0.122. The number of aliphatic hydroxyl groups excluding tert-OH is 1. The lowest BCUT2D eigenvalue weighted by molar-refractivity contribution is -0.156. The summed E-state index contributed by atoms with van der Waals surface area (Å²) in [5.74, 6) is -0.643. The number of carbonyl (C=O) groups is 3. The summed E-state index contributed by atoms with van der Waals surface area (Å²) < 4.78 is 5.73. The quantitative estimate of drug-likeness (QED) is 0.0561. The maximum atomic E-state index is 13.4. The highest BCUT2D eigenvalue weighted by atomic mass is 16.5. The van der Waals surface area contributed by atoms with Crippen molar-refractivity contribution in [3.63, 3.8) is 0 Å². The van der Waals surface area contributed by atoms with E-state index in [0.717, 1.165) is 72.0 Å². The first-order valence-corrected chi connectivity index (χ1v) is 24.3. The Kier molecular flexibility index (Phi) is 26.9. The second-order valence-corrected chi connectivity index (χ2v) is 18.8. The highest BCUT2D eigenvalue weighted by Gasteiger charge is 2.40. The van der Waals surface area contributed by atoms with Crippen LogP contribution in [0.4, 0.5) is 0 Å². The Hall–Kier alpha value is -5.65. The molecule has 0 aromatic carbocycles. The highest BCUT2D eigenvalue weighted by molar-refractivity contribution is 6.02. The fraction of sp³-hybridized carbons (Fsp3) is 0.403. The second kappa shape index (κ2) is 31.3. The zero-order valence-electron chi connectivity index (χ0n) is 42.8. The number of rotatable bonds is 25. The van der Waals surface area contributed by atoms with Crippen molar-refractivity contribution < 1.29 is 24.2 Å². The molecule has 0 spiro atoms. The van der Waals surface area contributed by atoms with Gasteiger partial charge in [0.05, 0.1) is 0 Å². The van der Waals surface area contributed by atoms with Gasteiger partial charge < -0.3 is 9.84 Å². The molecule has 2 aliphatic rings. The van der Waals surface area contributed by atoms with E-state index in [9.17, 15) is 19.5 Å². The Balaban J connectivity index is 1.80. The first-order chi connectivity index (χ1) is 31.9. The van der Waals surface area contributed by atoms with Crippen LogP contribution in [0, 0.1) is 10.8 Å². The van der Waals surface area contributed by atoms with Crippen LogP contribution in [0.3, 0.4) is 0 Å². The lowest BCUT2D eigenvalue weighted by Gasteiger charge is -2.36. The molecule has 0 saturated heterocycles. The fourth-order valence-electron chi connectivity index (χ4n) is 7.75. The number of hydrogen-bond donors (Lipinski definition) is 1. The molecule has 0 aromatic heterocycles. The van der Waals surface area contributed by atoms with Gasteiger partial charge in [0, 0.05) is 12.8 Å². The minimum atomic E-state index is -0.917. The first-order valence-electron chi connectivity index (χ1n) is 24.3. The number of esters is 1. The van der Waals surface area contributed by atoms with E-state index in [2.05, 4.69) is 140 Å². The van der Waals surface area contributed by atoms with E-state index in [1.54, 1.807) is 6.92 Å². The molecule has 0 radical (unpaired) electrons. The van der Waals surface area contributed by atoms with Crippen molar-refractivity contribution in [1.29, 1.82) is 0 Å². The molecule has 0 bridgehead atoms. The fourth-order valence-corrected chi connectivity index (χ4v) is 7.75. The molecule has 0 amide bonds. The van der Waals surface area contributed by atoms with E-state index in [1.165, 1.54) is 0 Å². The third-order valence-electron chi connectivity index (χ3n) is 11.7. The van der Waals surface area contributed by atoms with E-state index in [0.29, 0.717) is 30.4 Å². The van der Waals surface area contributed by atoms with Gasteiger partial charge in [0.25, 0.3) is 0 Å². The average molecular weight is 907 g/mol. The molecule has 0 aromatic rings. The Morgan fingerprint density at radius 1 is 0.552 bits per heavy atom. The molecule has 67 heavy (non-hydrogen) atoms. The normalized spacial score (nSPS) is 20.8. The van der Waals surface area contributed by atoms with Crippen molar-refractivity contribution >= 4 is 17.5 Å². The second-order valence-electron chi connectivity index (χ2n) is 18.8. The number of aliphatic hydroxyl groups is 1. The van der Waals surface area contributed by atoms with Crippen molar-refractivity contribution in [1.82, 2.24) is 0 Å². The molecule has 2 aliphatic carbocycles. The van der Waals surface area contributed by atoms with Crippen molar-refractivity contribution in [3.05, 3.63) is 203 Å². The van der Waals surface area contributed by atoms with Gasteiger partial charge in [0.15, 0.2) is 17.7 Å². The average Bonchev–Trinajstić information content (AvgIpc) is 3.26. The summed E-state index contributed by atoms with van der Waals surface area (Å²) >= 11 is 0. The molecular weight excluding hydrogens is 825 g/mol. The number of allylic oxidation sites excluding steroid dienone is 32. The molecule has 5 heteroatoms. The topological polar surface area (TPSA) is 80.7 Å². The number of Topliss-reactive ketones (excluding diaryl/α,β-unsaturated/α-hetero) is 2. The Labute approximate surface area is 406 Å². The Bertz CT molecular complexity index is 2190. The molecule has 2 rings (SSSR count). The largest absolute Gasteiger partial charge is 0.454 e. The summed E-state index contributed by atoms with van der Waals surface area (Å²) in [6.07, 6.45) is 60.2. The van der Waals surface area contributed by atoms with Crippen LogP contribution in [0.2, 0.25) is 0 Å². The van der Waals surface area contributed by atoms with Gasteiger partial charge in [-0.1, -0.05) is 215 Å². The third kappa shape index (κ3) is 23.1. The maximum Gasteiger partial charge on any atom is 0.306 e. The molecule has 2 atom stereocenters. The standard InChI is InChI=1S/C62H82O5/c1-12-13-14-15-16-17-18-19-20-21-22-23-24-25-26-27-28-29-30-41-58(64)67-57-47-62(10,11)55(53(7)60(57)66)45-43-51(5)40-34-38-49(3)36-32-31-35-48(2)37-33-39-50(4)42-44-54-52(6)59(65)56(63)46-61(54,8)9/h13-14,16-17,19-20,22-23,25-26,28-29,31-40,42-45,56-57,63H,12,15,18,21,24,27,30,41,46-47H2,1-11H3/b14-13-,17-16-,20-19-,23-22-,26-25-,29-28-,32-31+,37-33+,38-34+,44-42+,45-43+,48-35+,49-36+,50-39+,51-40+/t56-,57-/m0/s1.